The van der Waals surface area contributed by atoms with E-state index in [1.54, 1.807) is 29.2 Å². The molecule has 1 fully saturated rings. The summed E-state index contributed by atoms with van der Waals surface area (Å²) < 4.78 is 4.66. The summed E-state index contributed by atoms with van der Waals surface area (Å²) in [5, 5.41) is 0. The molecule has 3 amide bonds. The number of fused-ring (bicyclic) bond motifs is 1. The van der Waals surface area contributed by atoms with E-state index >= 15 is 0 Å². The van der Waals surface area contributed by atoms with Crippen molar-refractivity contribution in [3.8, 4) is 0 Å². The van der Waals surface area contributed by atoms with Gasteiger partial charge in [0.2, 0.25) is 5.91 Å². The molecule has 1 heterocycles. The minimum Gasteiger partial charge on any atom is -0.469 e. The van der Waals surface area contributed by atoms with Crippen molar-refractivity contribution in [2.75, 3.05) is 20.2 Å². The number of carbonyl (C=O) groups is 4. The summed E-state index contributed by atoms with van der Waals surface area (Å²) in [6, 6.07) is 6.60. The first-order valence-electron chi connectivity index (χ1n) is 8.84. The predicted molar refractivity (Wildman–Crippen MR) is 92.4 cm³/mol. The summed E-state index contributed by atoms with van der Waals surface area (Å²) >= 11 is 0. The van der Waals surface area contributed by atoms with Crippen LogP contribution in [0.25, 0.3) is 0 Å². The normalized spacial score (nSPS) is 16.7. The Bertz CT molecular complexity index is 704. The Morgan fingerprint density at radius 3 is 2.23 bits per heavy atom. The van der Waals surface area contributed by atoms with E-state index < -0.39 is 11.8 Å². The van der Waals surface area contributed by atoms with Gasteiger partial charge in [0.1, 0.15) is 6.54 Å². The average Bonchev–Trinajstić information content (AvgIpc) is 3.26. The van der Waals surface area contributed by atoms with Gasteiger partial charge in [0, 0.05) is 12.6 Å². The van der Waals surface area contributed by atoms with Gasteiger partial charge in [-0.2, -0.15) is 0 Å². The van der Waals surface area contributed by atoms with Crippen LogP contribution in [0, 0.1) is 0 Å². The fraction of sp³-hybridized carbons (Fsp3) is 0.474. The number of carbonyl (C=O) groups excluding carboxylic acids is 4. The molecule has 1 aliphatic heterocycles. The highest BCUT2D eigenvalue weighted by atomic mass is 16.5. The first-order chi connectivity index (χ1) is 12.5. The SMILES string of the molecule is COC(=O)CCN(C(=O)CN1C(=O)c2ccccc2C1=O)C1CCCC1. The van der Waals surface area contributed by atoms with E-state index in [4.69, 9.17) is 0 Å². The number of amides is 3. The number of benzene rings is 1. The molecule has 0 radical (unpaired) electrons. The Hall–Kier alpha value is -2.70. The zero-order valence-corrected chi connectivity index (χ0v) is 14.8. The fourth-order valence-electron chi connectivity index (χ4n) is 3.65. The molecule has 0 aromatic heterocycles. The standard InChI is InChI=1S/C19H22N2O5/c1-26-17(23)10-11-20(13-6-2-3-7-13)16(22)12-21-18(24)14-8-4-5-9-15(14)19(21)25/h4-5,8-9,13H,2-3,6-7,10-12H2,1H3. The molecule has 0 unspecified atom stereocenters. The molecule has 0 N–H and O–H groups in total. The molecule has 1 aromatic rings. The molecule has 26 heavy (non-hydrogen) atoms. The van der Waals surface area contributed by atoms with E-state index in [9.17, 15) is 19.2 Å². The Kier molecular flexibility index (Phi) is 5.35. The van der Waals surface area contributed by atoms with Crippen molar-refractivity contribution in [2.45, 2.75) is 38.1 Å². The Morgan fingerprint density at radius 1 is 1.12 bits per heavy atom. The smallest absolute Gasteiger partial charge is 0.307 e. The van der Waals surface area contributed by atoms with Gasteiger partial charge in [-0.3, -0.25) is 24.1 Å². The third-order valence-electron chi connectivity index (χ3n) is 5.04. The van der Waals surface area contributed by atoms with Crippen molar-refractivity contribution in [3.05, 3.63) is 35.4 Å². The topological polar surface area (TPSA) is 84.0 Å². The summed E-state index contributed by atoms with van der Waals surface area (Å²) in [6.45, 7) is -0.0661. The molecular formula is C19H22N2O5. The number of nitrogens with zero attached hydrogens (tertiary/aromatic N) is 2. The molecule has 1 saturated carbocycles. The van der Waals surface area contributed by atoms with Gasteiger partial charge < -0.3 is 9.64 Å². The zero-order chi connectivity index (χ0) is 18.7. The van der Waals surface area contributed by atoms with Gasteiger partial charge in [-0.05, 0) is 25.0 Å². The highest BCUT2D eigenvalue weighted by molar-refractivity contribution is 6.22. The van der Waals surface area contributed by atoms with Crippen molar-refractivity contribution >= 4 is 23.7 Å². The van der Waals surface area contributed by atoms with Gasteiger partial charge in [-0.1, -0.05) is 25.0 Å². The Balaban J connectivity index is 1.72. The van der Waals surface area contributed by atoms with Crippen LogP contribution in [-0.4, -0.2) is 59.7 Å². The maximum Gasteiger partial charge on any atom is 0.307 e. The number of ether oxygens (including phenoxy) is 1. The van der Waals surface area contributed by atoms with Gasteiger partial charge in [-0.25, -0.2) is 0 Å². The number of hydrogen-bond donors (Lipinski definition) is 0. The second kappa shape index (κ2) is 7.68. The van der Waals surface area contributed by atoms with Crippen LogP contribution in [0.15, 0.2) is 24.3 Å². The van der Waals surface area contributed by atoms with Crippen molar-refractivity contribution in [1.82, 2.24) is 9.80 Å². The molecule has 0 atom stereocenters. The minimum atomic E-state index is -0.446. The largest absolute Gasteiger partial charge is 0.469 e. The lowest BCUT2D eigenvalue weighted by atomic mass is 10.1. The zero-order valence-electron chi connectivity index (χ0n) is 14.8. The van der Waals surface area contributed by atoms with Crippen LogP contribution in [0.3, 0.4) is 0 Å². The predicted octanol–water partition coefficient (Wildman–Crippen LogP) is 1.62. The van der Waals surface area contributed by atoms with Crippen LogP contribution in [0.5, 0.6) is 0 Å². The maximum atomic E-state index is 12.9. The molecular weight excluding hydrogens is 336 g/mol. The highest BCUT2D eigenvalue weighted by Crippen LogP contribution is 2.26. The third-order valence-corrected chi connectivity index (χ3v) is 5.04. The molecule has 7 nitrogen and oxygen atoms in total. The lowest BCUT2D eigenvalue weighted by Crippen LogP contribution is -2.47. The number of esters is 1. The molecule has 2 aliphatic rings. The van der Waals surface area contributed by atoms with Crippen LogP contribution in [0.4, 0.5) is 0 Å². The fourth-order valence-corrected chi connectivity index (χ4v) is 3.65. The minimum absolute atomic E-state index is 0.0438. The van der Waals surface area contributed by atoms with Gasteiger partial charge in [0.15, 0.2) is 0 Å². The average molecular weight is 358 g/mol. The lowest BCUT2D eigenvalue weighted by Gasteiger charge is -2.30. The van der Waals surface area contributed by atoms with Gasteiger partial charge in [-0.15, -0.1) is 0 Å². The molecule has 7 heteroatoms. The number of imide groups is 1. The summed E-state index contributed by atoms with van der Waals surface area (Å²) in [6.07, 6.45) is 3.89. The summed E-state index contributed by atoms with van der Waals surface area (Å²) in [4.78, 5) is 51.9. The molecule has 0 spiro atoms. The second-order valence-electron chi connectivity index (χ2n) is 6.59. The summed E-state index contributed by atoms with van der Waals surface area (Å²) in [5.41, 5.74) is 0.652. The van der Waals surface area contributed by atoms with Crippen molar-refractivity contribution in [3.63, 3.8) is 0 Å². The monoisotopic (exact) mass is 358 g/mol. The van der Waals surface area contributed by atoms with Crippen molar-refractivity contribution in [2.24, 2.45) is 0 Å². The molecule has 3 rings (SSSR count). The Morgan fingerprint density at radius 2 is 1.69 bits per heavy atom. The van der Waals surface area contributed by atoms with Crippen LogP contribution in [0.2, 0.25) is 0 Å². The molecule has 1 aliphatic carbocycles. The number of hydrogen-bond acceptors (Lipinski definition) is 5. The first-order valence-corrected chi connectivity index (χ1v) is 8.84. The molecule has 138 valence electrons. The van der Waals surface area contributed by atoms with Gasteiger partial charge in [0.05, 0.1) is 24.7 Å². The van der Waals surface area contributed by atoms with E-state index in [1.165, 1.54) is 7.11 Å². The van der Waals surface area contributed by atoms with Gasteiger partial charge >= 0.3 is 5.97 Å². The van der Waals surface area contributed by atoms with Crippen LogP contribution < -0.4 is 0 Å². The third kappa shape index (κ3) is 3.47. The van der Waals surface area contributed by atoms with E-state index in [-0.39, 0.29) is 37.4 Å². The van der Waals surface area contributed by atoms with Crippen LogP contribution >= 0.6 is 0 Å². The Labute approximate surface area is 151 Å². The highest BCUT2D eigenvalue weighted by Gasteiger charge is 2.38. The summed E-state index contributed by atoms with van der Waals surface area (Å²) in [7, 11) is 1.31. The number of rotatable bonds is 6. The quantitative estimate of drug-likeness (QED) is 0.570. The number of methoxy groups -OCH3 is 1. The maximum absolute atomic E-state index is 12.9. The van der Waals surface area contributed by atoms with E-state index in [0.717, 1.165) is 30.6 Å². The van der Waals surface area contributed by atoms with E-state index in [0.29, 0.717) is 11.1 Å². The second-order valence-corrected chi connectivity index (χ2v) is 6.59. The summed E-state index contributed by atoms with van der Waals surface area (Å²) in [5.74, 6) is -1.59. The van der Waals surface area contributed by atoms with Gasteiger partial charge in [0.25, 0.3) is 11.8 Å². The van der Waals surface area contributed by atoms with E-state index in [1.807, 2.05) is 0 Å². The lowest BCUT2D eigenvalue weighted by molar-refractivity contribution is -0.142. The molecule has 0 bridgehead atoms. The van der Waals surface area contributed by atoms with Crippen molar-refractivity contribution < 1.29 is 23.9 Å². The van der Waals surface area contributed by atoms with Crippen LogP contribution in [-0.2, 0) is 14.3 Å². The molecule has 0 saturated heterocycles. The van der Waals surface area contributed by atoms with Crippen LogP contribution in [0.1, 0.15) is 52.8 Å². The molecule has 1 aromatic carbocycles. The van der Waals surface area contributed by atoms with E-state index in [2.05, 4.69) is 4.74 Å². The van der Waals surface area contributed by atoms with Crippen molar-refractivity contribution in [1.29, 1.82) is 0 Å². The first kappa shape index (κ1) is 18.1.